The van der Waals surface area contributed by atoms with Gasteiger partial charge in [-0.3, -0.25) is 9.69 Å². The maximum absolute atomic E-state index is 12.4. The van der Waals surface area contributed by atoms with Gasteiger partial charge in [-0.2, -0.15) is 0 Å². The van der Waals surface area contributed by atoms with Crippen molar-refractivity contribution < 1.29 is 9.53 Å². The van der Waals surface area contributed by atoms with Crippen LogP contribution in [0.25, 0.3) is 0 Å². The van der Waals surface area contributed by atoms with Gasteiger partial charge in [-0.25, -0.2) is 0 Å². The molecule has 0 saturated carbocycles. The van der Waals surface area contributed by atoms with Crippen LogP contribution in [0, 0.1) is 6.92 Å². The molecule has 0 atom stereocenters. The van der Waals surface area contributed by atoms with Crippen molar-refractivity contribution in [1.82, 2.24) is 4.90 Å². The number of anilines is 1. The number of benzene rings is 2. The molecule has 0 aromatic heterocycles. The summed E-state index contributed by atoms with van der Waals surface area (Å²) in [5.41, 5.74) is 4.37. The molecule has 1 N–H and O–H groups in total. The Hall–Kier alpha value is -2.33. The molecule has 4 heteroatoms. The molecule has 0 aliphatic heterocycles. The van der Waals surface area contributed by atoms with Crippen LogP contribution < -0.4 is 10.1 Å². The standard InChI is InChI=1S/C21H28N2O2/c1-5-18-9-7-8-16(3)21(18)22-20(24)15-23(4)14-17-10-12-19(13-11-17)25-6-2/h7-13H,5-6,14-15H2,1-4H3,(H,22,24). The highest BCUT2D eigenvalue weighted by molar-refractivity contribution is 5.93. The summed E-state index contributed by atoms with van der Waals surface area (Å²) in [6.07, 6.45) is 0.902. The van der Waals surface area contributed by atoms with E-state index in [0.717, 1.165) is 29.0 Å². The second kappa shape index (κ2) is 9.23. The molecule has 134 valence electrons. The van der Waals surface area contributed by atoms with Crippen LogP contribution in [0.3, 0.4) is 0 Å². The van der Waals surface area contributed by atoms with E-state index in [0.29, 0.717) is 19.7 Å². The number of ether oxygens (including phenoxy) is 1. The van der Waals surface area contributed by atoms with Gasteiger partial charge in [0.25, 0.3) is 0 Å². The number of likely N-dealkylation sites (N-methyl/N-ethyl adjacent to an activating group) is 1. The molecule has 0 unspecified atom stereocenters. The number of carbonyl (C=O) groups is 1. The number of amides is 1. The molecule has 1 amide bonds. The summed E-state index contributed by atoms with van der Waals surface area (Å²) < 4.78 is 5.45. The molecule has 0 aliphatic carbocycles. The zero-order valence-corrected chi connectivity index (χ0v) is 15.6. The molecule has 25 heavy (non-hydrogen) atoms. The van der Waals surface area contributed by atoms with E-state index in [4.69, 9.17) is 4.74 Å². The third-order valence-electron chi connectivity index (χ3n) is 4.10. The van der Waals surface area contributed by atoms with Crippen LogP contribution >= 0.6 is 0 Å². The Morgan fingerprint density at radius 2 is 1.84 bits per heavy atom. The molecule has 2 rings (SSSR count). The number of carbonyl (C=O) groups excluding carboxylic acids is 1. The van der Waals surface area contributed by atoms with Crippen molar-refractivity contribution in [1.29, 1.82) is 0 Å². The average Bonchev–Trinajstić information content (AvgIpc) is 2.58. The van der Waals surface area contributed by atoms with Gasteiger partial charge in [0.15, 0.2) is 0 Å². The highest BCUT2D eigenvalue weighted by atomic mass is 16.5. The summed E-state index contributed by atoms with van der Waals surface area (Å²) in [4.78, 5) is 14.4. The lowest BCUT2D eigenvalue weighted by molar-refractivity contribution is -0.117. The van der Waals surface area contributed by atoms with Gasteiger partial charge in [0.2, 0.25) is 5.91 Å². The van der Waals surface area contributed by atoms with Crippen LogP contribution in [0.4, 0.5) is 5.69 Å². The van der Waals surface area contributed by atoms with Crippen LogP contribution in [0.2, 0.25) is 0 Å². The van der Waals surface area contributed by atoms with Gasteiger partial charge in [-0.05, 0) is 56.1 Å². The molecule has 0 aliphatic rings. The summed E-state index contributed by atoms with van der Waals surface area (Å²) in [6, 6.07) is 14.1. The molecular weight excluding hydrogens is 312 g/mol. The highest BCUT2D eigenvalue weighted by Crippen LogP contribution is 2.21. The van der Waals surface area contributed by atoms with Gasteiger partial charge in [-0.15, -0.1) is 0 Å². The van der Waals surface area contributed by atoms with Crippen LogP contribution in [-0.2, 0) is 17.8 Å². The molecule has 2 aromatic rings. The zero-order chi connectivity index (χ0) is 18.2. The smallest absolute Gasteiger partial charge is 0.238 e. The first-order valence-corrected chi connectivity index (χ1v) is 8.82. The minimum atomic E-state index is 0.0115. The average molecular weight is 340 g/mol. The van der Waals surface area contributed by atoms with Gasteiger partial charge in [0.05, 0.1) is 13.2 Å². The molecule has 0 fully saturated rings. The van der Waals surface area contributed by atoms with E-state index in [1.54, 1.807) is 0 Å². The summed E-state index contributed by atoms with van der Waals surface area (Å²) in [6.45, 7) is 7.83. The van der Waals surface area contributed by atoms with Crippen molar-refractivity contribution in [2.75, 3.05) is 25.5 Å². The molecular formula is C21H28N2O2. The molecule has 0 bridgehead atoms. The topological polar surface area (TPSA) is 41.6 Å². The Kier molecular flexibility index (Phi) is 7.02. The monoisotopic (exact) mass is 340 g/mol. The van der Waals surface area contributed by atoms with Crippen LogP contribution in [0.1, 0.15) is 30.5 Å². The Labute approximate surface area is 150 Å². The largest absolute Gasteiger partial charge is 0.494 e. The van der Waals surface area contributed by atoms with Crippen molar-refractivity contribution in [3.63, 3.8) is 0 Å². The second-order valence-electron chi connectivity index (χ2n) is 6.26. The first-order chi connectivity index (χ1) is 12.0. The maximum atomic E-state index is 12.4. The number of para-hydroxylation sites is 1. The fourth-order valence-electron chi connectivity index (χ4n) is 2.85. The van der Waals surface area contributed by atoms with Crippen molar-refractivity contribution >= 4 is 11.6 Å². The number of nitrogens with one attached hydrogen (secondary N) is 1. The van der Waals surface area contributed by atoms with Gasteiger partial charge in [-0.1, -0.05) is 37.3 Å². The van der Waals surface area contributed by atoms with E-state index in [2.05, 4.69) is 18.3 Å². The maximum Gasteiger partial charge on any atom is 0.238 e. The predicted octanol–water partition coefficient (Wildman–Crippen LogP) is 4.03. The summed E-state index contributed by atoms with van der Waals surface area (Å²) >= 11 is 0. The normalized spacial score (nSPS) is 10.8. The first-order valence-electron chi connectivity index (χ1n) is 8.82. The minimum Gasteiger partial charge on any atom is -0.494 e. The van der Waals surface area contributed by atoms with E-state index >= 15 is 0 Å². The first kappa shape index (κ1) is 19.0. The quantitative estimate of drug-likeness (QED) is 0.789. The van der Waals surface area contributed by atoms with Gasteiger partial charge >= 0.3 is 0 Å². The van der Waals surface area contributed by atoms with E-state index in [9.17, 15) is 4.79 Å². The molecule has 2 aromatic carbocycles. The molecule has 0 spiro atoms. The van der Waals surface area contributed by atoms with Gasteiger partial charge in [0.1, 0.15) is 5.75 Å². The van der Waals surface area contributed by atoms with E-state index in [-0.39, 0.29) is 5.91 Å². The van der Waals surface area contributed by atoms with Crippen molar-refractivity contribution in [3.05, 3.63) is 59.2 Å². The van der Waals surface area contributed by atoms with E-state index < -0.39 is 0 Å². The number of nitrogens with zero attached hydrogens (tertiary/aromatic N) is 1. The third-order valence-corrected chi connectivity index (χ3v) is 4.10. The fraction of sp³-hybridized carbons (Fsp3) is 0.381. The number of rotatable bonds is 8. The highest BCUT2D eigenvalue weighted by Gasteiger charge is 2.11. The van der Waals surface area contributed by atoms with E-state index in [1.807, 2.05) is 62.2 Å². The van der Waals surface area contributed by atoms with Gasteiger partial charge in [0, 0.05) is 12.2 Å². The van der Waals surface area contributed by atoms with Crippen molar-refractivity contribution in [3.8, 4) is 5.75 Å². The van der Waals surface area contributed by atoms with Crippen molar-refractivity contribution in [2.24, 2.45) is 0 Å². The molecule has 4 nitrogen and oxygen atoms in total. The summed E-state index contributed by atoms with van der Waals surface area (Å²) in [5.74, 6) is 0.885. The SMILES string of the molecule is CCOc1ccc(CN(C)CC(=O)Nc2c(C)cccc2CC)cc1. The number of aryl methyl sites for hydroxylation is 2. The Morgan fingerprint density at radius 1 is 1.12 bits per heavy atom. The Morgan fingerprint density at radius 3 is 2.48 bits per heavy atom. The molecule has 0 heterocycles. The second-order valence-corrected chi connectivity index (χ2v) is 6.26. The minimum absolute atomic E-state index is 0.0115. The van der Waals surface area contributed by atoms with Crippen LogP contribution in [-0.4, -0.2) is 31.0 Å². The predicted molar refractivity (Wildman–Crippen MR) is 103 cm³/mol. The summed E-state index contributed by atoms with van der Waals surface area (Å²) in [7, 11) is 1.95. The lowest BCUT2D eigenvalue weighted by Crippen LogP contribution is -2.30. The van der Waals surface area contributed by atoms with Crippen LogP contribution in [0.5, 0.6) is 5.75 Å². The fourth-order valence-corrected chi connectivity index (χ4v) is 2.85. The molecule has 0 radical (unpaired) electrons. The van der Waals surface area contributed by atoms with Crippen LogP contribution in [0.15, 0.2) is 42.5 Å². The lowest BCUT2D eigenvalue weighted by Gasteiger charge is -2.18. The summed E-state index contributed by atoms with van der Waals surface area (Å²) in [5, 5.41) is 3.07. The van der Waals surface area contributed by atoms with Crippen molar-refractivity contribution in [2.45, 2.75) is 33.7 Å². The van der Waals surface area contributed by atoms with Gasteiger partial charge < -0.3 is 10.1 Å². The lowest BCUT2D eigenvalue weighted by atomic mass is 10.1. The Bertz CT molecular complexity index is 696. The molecule has 0 saturated heterocycles. The number of hydrogen-bond acceptors (Lipinski definition) is 3. The Balaban J connectivity index is 1.92. The number of hydrogen-bond donors (Lipinski definition) is 1. The zero-order valence-electron chi connectivity index (χ0n) is 15.6. The third kappa shape index (κ3) is 5.61. The van der Waals surface area contributed by atoms with E-state index in [1.165, 1.54) is 5.56 Å².